The maximum atomic E-state index is 9.39. The van der Waals surface area contributed by atoms with Crippen molar-refractivity contribution >= 4 is 0 Å². The summed E-state index contributed by atoms with van der Waals surface area (Å²) in [6.07, 6.45) is 0. The lowest BCUT2D eigenvalue weighted by atomic mass is 9.63. The summed E-state index contributed by atoms with van der Waals surface area (Å²) in [5.74, 6) is 3.39. The van der Waals surface area contributed by atoms with Crippen LogP contribution >= 0.6 is 0 Å². The van der Waals surface area contributed by atoms with Crippen molar-refractivity contribution in [3.8, 4) is 62.9 Å². The number of ether oxygens (including phenoxy) is 1. The second kappa shape index (κ2) is 14.9. The molecule has 0 radical (unpaired) electrons. The van der Waals surface area contributed by atoms with Crippen molar-refractivity contribution in [3.05, 3.63) is 209 Å². The van der Waals surface area contributed by atoms with Crippen LogP contribution in [0.4, 0.5) is 0 Å². The van der Waals surface area contributed by atoms with Crippen molar-refractivity contribution in [2.75, 3.05) is 0 Å². The van der Waals surface area contributed by atoms with E-state index in [0.29, 0.717) is 23.0 Å². The Morgan fingerprint density at radius 2 is 0.867 bits per heavy atom. The Morgan fingerprint density at radius 1 is 0.433 bits per heavy atom. The molecule has 292 valence electrons. The van der Waals surface area contributed by atoms with Gasteiger partial charge in [0.05, 0.1) is 17.0 Å². The van der Waals surface area contributed by atoms with Crippen LogP contribution in [0.1, 0.15) is 80.5 Å². The van der Waals surface area contributed by atoms with E-state index >= 15 is 0 Å². The average molecular weight is 779 g/mol. The molecule has 5 nitrogen and oxygen atoms in total. The summed E-state index contributed by atoms with van der Waals surface area (Å²) in [6, 6.07) is 61.4. The minimum Gasteiger partial charge on any atom is -0.457 e. The molecular formula is C55H46N4O. The normalized spacial score (nSPS) is 13.1. The lowest BCUT2D eigenvalue weighted by molar-refractivity contribution is 0.434. The fraction of sp³-hybridized carbons (Fsp3) is 0.164. The van der Waals surface area contributed by atoms with Gasteiger partial charge in [0.25, 0.3) is 0 Å². The van der Waals surface area contributed by atoms with E-state index in [-0.39, 0.29) is 10.8 Å². The maximum absolute atomic E-state index is 9.39. The number of nitrogens with zero attached hydrogens (tertiary/aromatic N) is 4. The summed E-state index contributed by atoms with van der Waals surface area (Å²) in [7, 11) is 0. The number of hydrogen-bond acceptors (Lipinski definition) is 5. The number of para-hydroxylation sites is 1. The number of nitriles is 1. The zero-order valence-corrected chi connectivity index (χ0v) is 34.9. The molecule has 0 amide bonds. The number of benzene rings is 7. The van der Waals surface area contributed by atoms with E-state index < -0.39 is 5.41 Å². The number of rotatable bonds is 6. The molecule has 60 heavy (non-hydrogen) atoms. The van der Waals surface area contributed by atoms with E-state index in [4.69, 9.17) is 19.7 Å². The third-order valence-corrected chi connectivity index (χ3v) is 11.7. The molecule has 5 heteroatoms. The highest BCUT2D eigenvalue weighted by atomic mass is 16.5. The number of aromatic nitrogens is 3. The first-order valence-electron chi connectivity index (χ1n) is 20.5. The van der Waals surface area contributed by atoms with Gasteiger partial charge in [0.15, 0.2) is 17.5 Å². The molecule has 1 aromatic heterocycles. The highest BCUT2D eigenvalue weighted by molar-refractivity contribution is 5.76. The molecule has 9 rings (SSSR count). The lowest BCUT2D eigenvalue weighted by Gasteiger charge is -2.42. The summed E-state index contributed by atoms with van der Waals surface area (Å²) >= 11 is 0. The fourth-order valence-electron chi connectivity index (χ4n) is 8.31. The SMILES string of the molecule is CC(C)(C)c1ccc(C2(c3ccc(C(C)(C)C)cc3)c3ccccc3Oc3ccc(-c4ccc(-c5nc(-c6ccccc6)nc(-c6ccc(C#N)cc6)n5)cc4)cc32)cc1. The first-order valence-corrected chi connectivity index (χ1v) is 20.5. The van der Waals surface area contributed by atoms with Gasteiger partial charge in [-0.25, -0.2) is 15.0 Å². The Kier molecular flexibility index (Phi) is 9.52. The summed E-state index contributed by atoms with van der Waals surface area (Å²) in [5, 5.41) is 9.39. The van der Waals surface area contributed by atoms with Crippen molar-refractivity contribution in [1.29, 1.82) is 5.26 Å². The fourth-order valence-corrected chi connectivity index (χ4v) is 8.31. The molecule has 0 saturated carbocycles. The standard InChI is InChI=1S/C55H46N4O/c1-53(2,3)42-25-29-44(30-26-42)55(45-31-27-43(28-32-45)54(4,5)6)46-14-10-11-15-48(46)60-49-33-24-41(34-47(49)55)37-20-22-40(23-21-37)52-58-50(38-12-8-7-9-13-38)57-51(59-52)39-18-16-36(35-56)17-19-39/h7-34H,1-6H3. The zero-order chi connectivity index (χ0) is 41.6. The highest BCUT2D eigenvalue weighted by Gasteiger charge is 2.45. The Bertz CT molecular complexity index is 2820. The van der Waals surface area contributed by atoms with Crippen molar-refractivity contribution in [2.24, 2.45) is 0 Å². The molecule has 0 bridgehead atoms. The molecule has 1 aliphatic rings. The minimum atomic E-state index is -0.659. The molecule has 0 unspecified atom stereocenters. The van der Waals surface area contributed by atoms with E-state index in [0.717, 1.165) is 50.4 Å². The Hall–Kier alpha value is -7.16. The van der Waals surface area contributed by atoms with Gasteiger partial charge in [-0.15, -0.1) is 0 Å². The summed E-state index contributed by atoms with van der Waals surface area (Å²) < 4.78 is 6.77. The molecule has 8 aromatic rings. The average Bonchev–Trinajstić information content (AvgIpc) is 3.28. The molecule has 7 aromatic carbocycles. The maximum Gasteiger partial charge on any atom is 0.164 e. The lowest BCUT2D eigenvalue weighted by Crippen LogP contribution is -2.34. The summed E-state index contributed by atoms with van der Waals surface area (Å²) in [5.41, 5.74) is 11.8. The minimum absolute atomic E-state index is 0.0144. The van der Waals surface area contributed by atoms with E-state index in [1.165, 1.54) is 22.3 Å². The van der Waals surface area contributed by atoms with Gasteiger partial charge in [0.1, 0.15) is 11.5 Å². The zero-order valence-electron chi connectivity index (χ0n) is 34.9. The van der Waals surface area contributed by atoms with Crippen LogP contribution < -0.4 is 4.74 Å². The smallest absolute Gasteiger partial charge is 0.164 e. The third kappa shape index (κ3) is 6.95. The quantitative estimate of drug-likeness (QED) is 0.168. The Morgan fingerprint density at radius 3 is 1.38 bits per heavy atom. The number of fused-ring (bicyclic) bond motifs is 2. The topological polar surface area (TPSA) is 71.7 Å². The number of hydrogen-bond donors (Lipinski definition) is 0. The van der Waals surface area contributed by atoms with Gasteiger partial charge in [0.2, 0.25) is 0 Å². The molecular weight excluding hydrogens is 733 g/mol. The van der Waals surface area contributed by atoms with Crippen molar-refractivity contribution < 1.29 is 4.74 Å². The van der Waals surface area contributed by atoms with Crippen LogP contribution in [0.2, 0.25) is 0 Å². The van der Waals surface area contributed by atoms with E-state index in [2.05, 4.69) is 163 Å². The first kappa shape index (κ1) is 38.4. The van der Waals surface area contributed by atoms with Crippen LogP contribution in [-0.4, -0.2) is 15.0 Å². The summed E-state index contributed by atoms with van der Waals surface area (Å²) in [6.45, 7) is 13.6. The third-order valence-electron chi connectivity index (χ3n) is 11.7. The molecule has 0 saturated heterocycles. The molecule has 0 atom stereocenters. The molecule has 0 N–H and O–H groups in total. The Balaban J connectivity index is 1.18. The molecule has 2 heterocycles. The predicted molar refractivity (Wildman–Crippen MR) is 242 cm³/mol. The molecule has 1 aliphatic heterocycles. The van der Waals surface area contributed by atoms with Crippen LogP contribution in [0.3, 0.4) is 0 Å². The first-order chi connectivity index (χ1) is 28.9. The second-order valence-electron chi connectivity index (χ2n) is 17.7. The van der Waals surface area contributed by atoms with Gasteiger partial charge in [-0.2, -0.15) is 5.26 Å². The van der Waals surface area contributed by atoms with Gasteiger partial charge in [0, 0.05) is 27.8 Å². The van der Waals surface area contributed by atoms with Crippen LogP contribution in [0.25, 0.3) is 45.3 Å². The summed E-state index contributed by atoms with van der Waals surface area (Å²) in [4.78, 5) is 14.8. The van der Waals surface area contributed by atoms with Crippen LogP contribution in [-0.2, 0) is 16.2 Å². The van der Waals surface area contributed by atoms with Crippen molar-refractivity contribution in [3.63, 3.8) is 0 Å². The predicted octanol–water partition coefficient (Wildman–Crippen LogP) is 13.5. The van der Waals surface area contributed by atoms with Crippen LogP contribution in [0.15, 0.2) is 170 Å². The Labute approximate surface area is 353 Å². The highest BCUT2D eigenvalue weighted by Crippen LogP contribution is 2.56. The van der Waals surface area contributed by atoms with E-state index in [1.54, 1.807) is 12.1 Å². The second-order valence-corrected chi connectivity index (χ2v) is 17.7. The van der Waals surface area contributed by atoms with Gasteiger partial charge in [-0.3, -0.25) is 0 Å². The van der Waals surface area contributed by atoms with Gasteiger partial charge in [-0.1, -0.05) is 169 Å². The van der Waals surface area contributed by atoms with Gasteiger partial charge < -0.3 is 4.74 Å². The molecule has 0 fully saturated rings. The van der Waals surface area contributed by atoms with Crippen molar-refractivity contribution in [2.45, 2.75) is 57.8 Å². The monoisotopic (exact) mass is 778 g/mol. The van der Waals surface area contributed by atoms with Crippen molar-refractivity contribution in [1.82, 2.24) is 15.0 Å². The van der Waals surface area contributed by atoms with Crippen LogP contribution in [0, 0.1) is 11.3 Å². The van der Waals surface area contributed by atoms with E-state index in [1.807, 2.05) is 42.5 Å². The van der Waals surface area contributed by atoms with E-state index in [9.17, 15) is 5.26 Å². The largest absolute Gasteiger partial charge is 0.457 e. The van der Waals surface area contributed by atoms with Gasteiger partial charge in [-0.05, 0) is 86.7 Å². The van der Waals surface area contributed by atoms with Gasteiger partial charge >= 0.3 is 0 Å². The molecule has 0 aliphatic carbocycles. The van der Waals surface area contributed by atoms with Crippen LogP contribution in [0.5, 0.6) is 11.5 Å². The molecule has 0 spiro atoms.